The lowest BCUT2D eigenvalue weighted by Crippen LogP contribution is -2.54. The molecule has 1 fully saturated rings. The number of aromatic nitrogens is 2. The van der Waals surface area contributed by atoms with Gasteiger partial charge in [-0.15, -0.1) is 0 Å². The van der Waals surface area contributed by atoms with Crippen molar-refractivity contribution >= 4 is 11.9 Å². The van der Waals surface area contributed by atoms with E-state index in [1.807, 2.05) is 25.3 Å². The first-order chi connectivity index (χ1) is 12.0. The van der Waals surface area contributed by atoms with Gasteiger partial charge in [0.2, 0.25) is 0 Å². The Hall–Kier alpha value is -2.63. The molecule has 6 nitrogen and oxygen atoms in total. The standard InChI is InChI=1S/C19H23N3O3/c1-14-12-20-22(13-14)16-8-6-15(7-9-16)17(23)21-19(18(24)25)10-4-2-3-5-11-19/h6-9,12-13H,2-5,10-11H2,1H3,(H,21,23)(H,24,25). The van der Waals surface area contributed by atoms with E-state index in [2.05, 4.69) is 10.4 Å². The van der Waals surface area contributed by atoms with Gasteiger partial charge in [0.25, 0.3) is 5.91 Å². The van der Waals surface area contributed by atoms with Crippen molar-refractivity contribution < 1.29 is 14.7 Å². The Bertz CT molecular complexity index is 756. The number of nitrogens with zero attached hydrogens (tertiary/aromatic N) is 2. The van der Waals surface area contributed by atoms with Crippen LogP contribution in [-0.4, -0.2) is 32.3 Å². The van der Waals surface area contributed by atoms with E-state index in [-0.39, 0.29) is 5.91 Å². The Morgan fingerprint density at radius 2 is 1.76 bits per heavy atom. The van der Waals surface area contributed by atoms with Gasteiger partial charge < -0.3 is 10.4 Å². The second-order valence-electron chi connectivity index (χ2n) is 6.76. The van der Waals surface area contributed by atoms with Crippen LogP contribution in [0.3, 0.4) is 0 Å². The van der Waals surface area contributed by atoms with Gasteiger partial charge in [-0.3, -0.25) is 4.79 Å². The molecule has 1 saturated carbocycles. The summed E-state index contributed by atoms with van der Waals surface area (Å²) in [6, 6.07) is 7.02. The molecule has 1 aromatic carbocycles. The largest absolute Gasteiger partial charge is 0.480 e. The molecule has 2 aromatic rings. The van der Waals surface area contributed by atoms with Crippen molar-refractivity contribution in [2.75, 3.05) is 0 Å². The molecule has 6 heteroatoms. The molecule has 3 rings (SSSR count). The quantitative estimate of drug-likeness (QED) is 0.837. The Balaban J connectivity index is 1.76. The smallest absolute Gasteiger partial charge is 0.329 e. The third-order valence-corrected chi connectivity index (χ3v) is 4.83. The molecular weight excluding hydrogens is 318 g/mol. The fraction of sp³-hybridized carbons (Fsp3) is 0.421. The van der Waals surface area contributed by atoms with Gasteiger partial charge in [-0.2, -0.15) is 5.10 Å². The highest BCUT2D eigenvalue weighted by molar-refractivity contribution is 5.98. The molecule has 132 valence electrons. The van der Waals surface area contributed by atoms with Crippen molar-refractivity contribution in [2.24, 2.45) is 0 Å². The summed E-state index contributed by atoms with van der Waals surface area (Å²) in [6.07, 6.45) is 8.32. The summed E-state index contributed by atoms with van der Waals surface area (Å²) in [5, 5.41) is 16.7. The molecule has 0 atom stereocenters. The fourth-order valence-corrected chi connectivity index (χ4v) is 3.33. The van der Waals surface area contributed by atoms with E-state index >= 15 is 0 Å². The number of carbonyl (C=O) groups is 2. The van der Waals surface area contributed by atoms with Crippen molar-refractivity contribution in [1.29, 1.82) is 0 Å². The predicted molar refractivity (Wildman–Crippen MR) is 93.8 cm³/mol. The van der Waals surface area contributed by atoms with Gasteiger partial charge in [-0.1, -0.05) is 25.7 Å². The number of aliphatic carboxylic acids is 1. The van der Waals surface area contributed by atoms with E-state index in [9.17, 15) is 14.7 Å². The maximum Gasteiger partial charge on any atom is 0.329 e. The van der Waals surface area contributed by atoms with Crippen LogP contribution in [0.5, 0.6) is 0 Å². The molecular formula is C19H23N3O3. The highest BCUT2D eigenvalue weighted by atomic mass is 16.4. The van der Waals surface area contributed by atoms with Crippen LogP contribution < -0.4 is 5.32 Å². The average molecular weight is 341 g/mol. The number of benzene rings is 1. The molecule has 1 aliphatic carbocycles. The molecule has 0 unspecified atom stereocenters. The number of hydrogen-bond acceptors (Lipinski definition) is 3. The first kappa shape index (κ1) is 17.2. The zero-order valence-electron chi connectivity index (χ0n) is 14.4. The second kappa shape index (κ2) is 7.09. The van der Waals surface area contributed by atoms with E-state index in [1.54, 1.807) is 23.0 Å². The fourth-order valence-electron chi connectivity index (χ4n) is 3.33. The molecule has 0 saturated heterocycles. The number of hydrogen-bond donors (Lipinski definition) is 2. The van der Waals surface area contributed by atoms with Gasteiger partial charge in [-0.05, 0) is 49.6 Å². The summed E-state index contributed by atoms with van der Waals surface area (Å²) in [5.41, 5.74) is 1.22. The van der Waals surface area contributed by atoms with Crippen molar-refractivity contribution in [2.45, 2.75) is 51.0 Å². The van der Waals surface area contributed by atoms with Crippen LogP contribution in [0.15, 0.2) is 36.7 Å². The number of amides is 1. The molecule has 1 amide bonds. The lowest BCUT2D eigenvalue weighted by molar-refractivity contribution is -0.145. The van der Waals surface area contributed by atoms with Crippen LogP contribution in [0.1, 0.15) is 54.4 Å². The topological polar surface area (TPSA) is 84.2 Å². The minimum absolute atomic E-state index is 0.340. The molecule has 1 heterocycles. The predicted octanol–water partition coefficient (Wildman–Crippen LogP) is 3.09. The van der Waals surface area contributed by atoms with E-state index in [0.29, 0.717) is 18.4 Å². The van der Waals surface area contributed by atoms with Crippen LogP contribution in [-0.2, 0) is 4.79 Å². The number of rotatable bonds is 4. The molecule has 0 aliphatic heterocycles. The van der Waals surface area contributed by atoms with Gasteiger partial charge in [0.1, 0.15) is 5.54 Å². The zero-order valence-corrected chi connectivity index (χ0v) is 14.4. The monoisotopic (exact) mass is 341 g/mol. The average Bonchev–Trinajstić information content (AvgIpc) is 2.89. The lowest BCUT2D eigenvalue weighted by Gasteiger charge is -2.29. The molecule has 1 aliphatic rings. The van der Waals surface area contributed by atoms with Crippen LogP contribution in [0.4, 0.5) is 0 Å². The van der Waals surface area contributed by atoms with Crippen molar-refractivity contribution in [1.82, 2.24) is 15.1 Å². The summed E-state index contributed by atoms with van der Waals surface area (Å²) >= 11 is 0. The first-order valence-corrected chi connectivity index (χ1v) is 8.68. The van der Waals surface area contributed by atoms with Crippen LogP contribution in [0.2, 0.25) is 0 Å². The minimum Gasteiger partial charge on any atom is -0.480 e. The number of carboxylic acid groups (broad SMARTS) is 1. The maximum atomic E-state index is 12.6. The Labute approximate surface area is 146 Å². The number of carboxylic acids is 1. The summed E-state index contributed by atoms with van der Waals surface area (Å²) < 4.78 is 1.74. The lowest BCUT2D eigenvalue weighted by atomic mass is 9.90. The van der Waals surface area contributed by atoms with Crippen LogP contribution in [0, 0.1) is 6.92 Å². The number of nitrogens with one attached hydrogen (secondary N) is 1. The van der Waals surface area contributed by atoms with Crippen molar-refractivity contribution in [3.8, 4) is 5.69 Å². The third kappa shape index (κ3) is 3.73. The summed E-state index contributed by atoms with van der Waals surface area (Å²) in [4.78, 5) is 24.4. The molecule has 0 bridgehead atoms. The van der Waals surface area contributed by atoms with Gasteiger partial charge in [0, 0.05) is 11.8 Å². The van der Waals surface area contributed by atoms with Crippen LogP contribution >= 0.6 is 0 Å². The molecule has 1 aromatic heterocycles. The van der Waals surface area contributed by atoms with Crippen molar-refractivity contribution in [3.63, 3.8) is 0 Å². The summed E-state index contributed by atoms with van der Waals surface area (Å²) in [7, 11) is 0. The van der Waals surface area contributed by atoms with E-state index in [0.717, 1.165) is 36.9 Å². The summed E-state index contributed by atoms with van der Waals surface area (Å²) in [6.45, 7) is 1.96. The Morgan fingerprint density at radius 1 is 1.12 bits per heavy atom. The molecule has 0 radical (unpaired) electrons. The van der Waals surface area contributed by atoms with Gasteiger partial charge in [0.05, 0.1) is 11.9 Å². The zero-order chi connectivity index (χ0) is 17.9. The molecule has 2 N–H and O–H groups in total. The van der Waals surface area contributed by atoms with Gasteiger partial charge in [-0.25, -0.2) is 9.48 Å². The number of aryl methyl sites for hydroxylation is 1. The van der Waals surface area contributed by atoms with E-state index in [1.165, 1.54) is 0 Å². The SMILES string of the molecule is Cc1cnn(-c2ccc(C(=O)NC3(C(=O)O)CCCCCC3)cc2)c1. The highest BCUT2D eigenvalue weighted by Gasteiger charge is 2.40. The third-order valence-electron chi connectivity index (χ3n) is 4.83. The Morgan fingerprint density at radius 3 is 2.28 bits per heavy atom. The highest BCUT2D eigenvalue weighted by Crippen LogP contribution is 2.28. The molecule has 25 heavy (non-hydrogen) atoms. The maximum absolute atomic E-state index is 12.6. The second-order valence-corrected chi connectivity index (χ2v) is 6.76. The number of carbonyl (C=O) groups excluding carboxylic acids is 1. The molecule has 0 spiro atoms. The first-order valence-electron chi connectivity index (χ1n) is 8.68. The van der Waals surface area contributed by atoms with E-state index in [4.69, 9.17) is 0 Å². The normalized spacial score (nSPS) is 16.8. The van der Waals surface area contributed by atoms with Gasteiger partial charge in [0.15, 0.2) is 0 Å². The van der Waals surface area contributed by atoms with E-state index < -0.39 is 11.5 Å². The minimum atomic E-state index is -1.15. The van der Waals surface area contributed by atoms with Crippen molar-refractivity contribution in [3.05, 3.63) is 47.8 Å². The Kier molecular flexibility index (Phi) is 4.88. The van der Waals surface area contributed by atoms with Crippen LogP contribution in [0.25, 0.3) is 5.69 Å². The summed E-state index contributed by atoms with van der Waals surface area (Å²) in [5.74, 6) is -1.28. The van der Waals surface area contributed by atoms with Gasteiger partial charge >= 0.3 is 5.97 Å².